The van der Waals surface area contributed by atoms with Crippen LogP contribution >= 0.6 is 0 Å². The van der Waals surface area contributed by atoms with Gasteiger partial charge >= 0.3 is 6.18 Å². The van der Waals surface area contributed by atoms with Gasteiger partial charge in [-0.05, 0) is 47.9 Å². The standard InChI is InChI=1S/C19H15F4NO2/c1-2-18(25)24-8-7-12-9-14(4-3-13(12)11-24)26-15-5-6-16(17(20)10-15)19(21,22)23/h2-6,9-10H,1,7-8,11H2. The van der Waals surface area contributed by atoms with Crippen LogP contribution in [0.2, 0.25) is 0 Å². The van der Waals surface area contributed by atoms with Crippen molar-refractivity contribution in [3.8, 4) is 11.5 Å². The summed E-state index contributed by atoms with van der Waals surface area (Å²) in [4.78, 5) is 13.4. The van der Waals surface area contributed by atoms with E-state index in [1.54, 1.807) is 23.1 Å². The molecule has 0 saturated carbocycles. The molecule has 0 aliphatic carbocycles. The monoisotopic (exact) mass is 365 g/mol. The fraction of sp³-hybridized carbons (Fsp3) is 0.211. The molecule has 0 unspecified atom stereocenters. The maximum atomic E-state index is 13.6. The first-order chi connectivity index (χ1) is 12.3. The van der Waals surface area contributed by atoms with E-state index in [-0.39, 0.29) is 11.7 Å². The molecule has 26 heavy (non-hydrogen) atoms. The number of hydrogen-bond donors (Lipinski definition) is 0. The van der Waals surface area contributed by atoms with Gasteiger partial charge < -0.3 is 9.64 Å². The lowest BCUT2D eigenvalue weighted by Crippen LogP contribution is -2.34. The van der Waals surface area contributed by atoms with Gasteiger partial charge in [-0.2, -0.15) is 13.2 Å². The summed E-state index contributed by atoms with van der Waals surface area (Å²) in [5.74, 6) is -1.15. The smallest absolute Gasteiger partial charge is 0.419 e. The Kier molecular flexibility index (Phi) is 4.71. The van der Waals surface area contributed by atoms with Crippen molar-refractivity contribution in [2.75, 3.05) is 6.54 Å². The third-order valence-corrected chi connectivity index (χ3v) is 4.16. The fourth-order valence-electron chi connectivity index (χ4n) is 2.84. The Hall–Kier alpha value is -2.83. The van der Waals surface area contributed by atoms with E-state index in [1.165, 1.54) is 6.08 Å². The van der Waals surface area contributed by atoms with Crippen LogP contribution in [-0.2, 0) is 23.9 Å². The first kappa shape index (κ1) is 18.0. The summed E-state index contributed by atoms with van der Waals surface area (Å²) in [6, 6.07) is 7.62. The number of hydrogen-bond acceptors (Lipinski definition) is 2. The van der Waals surface area contributed by atoms with Crippen LogP contribution in [0.3, 0.4) is 0 Å². The Labute approximate surface area is 147 Å². The number of halogens is 4. The molecule has 2 aromatic carbocycles. The van der Waals surface area contributed by atoms with Crippen LogP contribution in [0.25, 0.3) is 0 Å². The van der Waals surface area contributed by atoms with Crippen LogP contribution in [0.4, 0.5) is 17.6 Å². The van der Waals surface area contributed by atoms with E-state index in [2.05, 4.69) is 6.58 Å². The molecule has 1 aliphatic heterocycles. The maximum absolute atomic E-state index is 13.6. The molecule has 136 valence electrons. The number of amides is 1. The summed E-state index contributed by atoms with van der Waals surface area (Å²) in [6.45, 7) is 4.46. The van der Waals surface area contributed by atoms with Gasteiger partial charge in [0.05, 0.1) is 5.56 Å². The normalized spacial score (nSPS) is 13.9. The van der Waals surface area contributed by atoms with E-state index in [9.17, 15) is 22.4 Å². The average Bonchev–Trinajstić information content (AvgIpc) is 2.59. The van der Waals surface area contributed by atoms with Crippen molar-refractivity contribution in [2.45, 2.75) is 19.1 Å². The zero-order chi connectivity index (χ0) is 18.9. The molecule has 0 N–H and O–H groups in total. The first-order valence-corrected chi connectivity index (χ1v) is 7.85. The van der Waals surface area contributed by atoms with Gasteiger partial charge in [-0.3, -0.25) is 4.79 Å². The highest BCUT2D eigenvalue weighted by Gasteiger charge is 2.34. The number of nitrogens with zero attached hydrogens (tertiary/aromatic N) is 1. The number of ether oxygens (including phenoxy) is 1. The minimum Gasteiger partial charge on any atom is -0.457 e. The Morgan fingerprint density at radius 2 is 1.81 bits per heavy atom. The van der Waals surface area contributed by atoms with Gasteiger partial charge in [-0.15, -0.1) is 0 Å². The predicted molar refractivity (Wildman–Crippen MR) is 87.2 cm³/mol. The molecule has 0 atom stereocenters. The molecule has 0 saturated heterocycles. The number of carbonyl (C=O) groups excluding carboxylic acids is 1. The van der Waals surface area contributed by atoms with Crippen molar-refractivity contribution >= 4 is 5.91 Å². The van der Waals surface area contributed by atoms with Gasteiger partial charge in [0.15, 0.2) is 0 Å². The van der Waals surface area contributed by atoms with Gasteiger partial charge in [-0.25, -0.2) is 4.39 Å². The van der Waals surface area contributed by atoms with Gasteiger partial charge in [0, 0.05) is 19.2 Å². The molecule has 1 aliphatic rings. The molecule has 3 rings (SSSR count). The van der Waals surface area contributed by atoms with Crippen LogP contribution in [0.5, 0.6) is 11.5 Å². The van der Waals surface area contributed by atoms with Crippen LogP contribution < -0.4 is 4.74 Å². The number of benzene rings is 2. The zero-order valence-corrected chi connectivity index (χ0v) is 13.6. The Morgan fingerprint density at radius 3 is 2.46 bits per heavy atom. The topological polar surface area (TPSA) is 29.5 Å². The molecule has 1 heterocycles. The van der Waals surface area contributed by atoms with Crippen LogP contribution in [0.15, 0.2) is 49.1 Å². The summed E-state index contributed by atoms with van der Waals surface area (Å²) in [7, 11) is 0. The third-order valence-electron chi connectivity index (χ3n) is 4.16. The summed E-state index contributed by atoms with van der Waals surface area (Å²) in [6.07, 6.45) is -2.86. The minimum absolute atomic E-state index is 0.0188. The van der Waals surface area contributed by atoms with E-state index in [1.807, 2.05) is 0 Å². The highest BCUT2D eigenvalue weighted by atomic mass is 19.4. The van der Waals surface area contributed by atoms with Crippen molar-refractivity contribution in [2.24, 2.45) is 0 Å². The molecule has 1 amide bonds. The Morgan fingerprint density at radius 1 is 1.12 bits per heavy atom. The summed E-state index contributed by atoms with van der Waals surface area (Å²) in [5.41, 5.74) is 0.600. The first-order valence-electron chi connectivity index (χ1n) is 7.85. The lowest BCUT2D eigenvalue weighted by Gasteiger charge is -2.28. The fourth-order valence-corrected chi connectivity index (χ4v) is 2.84. The number of rotatable bonds is 3. The number of carbonyl (C=O) groups is 1. The van der Waals surface area contributed by atoms with E-state index in [0.717, 1.165) is 17.2 Å². The zero-order valence-electron chi connectivity index (χ0n) is 13.6. The Bertz CT molecular complexity index is 861. The van der Waals surface area contributed by atoms with E-state index >= 15 is 0 Å². The molecular weight excluding hydrogens is 350 g/mol. The van der Waals surface area contributed by atoms with E-state index < -0.39 is 17.6 Å². The molecular formula is C19H15F4NO2. The number of fused-ring (bicyclic) bond motifs is 1. The van der Waals surface area contributed by atoms with Gasteiger partial charge in [-0.1, -0.05) is 12.6 Å². The molecule has 2 aromatic rings. The lowest BCUT2D eigenvalue weighted by atomic mass is 9.99. The third kappa shape index (κ3) is 3.71. The highest BCUT2D eigenvalue weighted by Crippen LogP contribution is 2.34. The molecule has 0 spiro atoms. The van der Waals surface area contributed by atoms with Crippen LogP contribution in [0, 0.1) is 5.82 Å². The lowest BCUT2D eigenvalue weighted by molar-refractivity contribution is -0.140. The molecule has 7 heteroatoms. The summed E-state index contributed by atoms with van der Waals surface area (Å²) < 4.78 is 56.9. The second-order valence-electron chi connectivity index (χ2n) is 5.89. The number of alkyl halides is 3. The van der Waals surface area contributed by atoms with E-state index in [0.29, 0.717) is 37.4 Å². The second-order valence-corrected chi connectivity index (χ2v) is 5.89. The molecule has 0 radical (unpaired) electrons. The summed E-state index contributed by atoms with van der Waals surface area (Å²) >= 11 is 0. The van der Waals surface area contributed by atoms with Gasteiger partial charge in [0.25, 0.3) is 0 Å². The highest BCUT2D eigenvalue weighted by molar-refractivity contribution is 5.87. The quantitative estimate of drug-likeness (QED) is 0.583. The molecule has 0 aromatic heterocycles. The van der Waals surface area contributed by atoms with Crippen molar-refractivity contribution in [3.05, 3.63) is 71.6 Å². The summed E-state index contributed by atoms with van der Waals surface area (Å²) in [5, 5.41) is 0. The SMILES string of the molecule is C=CC(=O)N1CCc2cc(Oc3ccc(C(F)(F)F)c(F)c3)ccc2C1. The van der Waals surface area contributed by atoms with Crippen molar-refractivity contribution < 1.29 is 27.1 Å². The van der Waals surface area contributed by atoms with Crippen molar-refractivity contribution in [1.29, 1.82) is 0 Å². The van der Waals surface area contributed by atoms with Gasteiger partial charge in [0.1, 0.15) is 17.3 Å². The van der Waals surface area contributed by atoms with Crippen molar-refractivity contribution in [1.82, 2.24) is 4.90 Å². The second kappa shape index (κ2) is 6.82. The average molecular weight is 365 g/mol. The van der Waals surface area contributed by atoms with Crippen LogP contribution in [-0.4, -0.2) is 17.4 Å². The van der Waals surface area contributed by atoms with Crippen LogP contribution in [0.1, 0.15) is 16.7 Å². The van der Waals surface area contributed by atoms with Crippen molar-refractivity contribution in [3.63, 3.8) is 0 Å². The maximum Gasteiger partial charge on any atom is 0.419 e. The molecule has 0 fully saturated rings. The molecule has 0 bridgehead atoms. The molecule has 3 nitrogen and oxygen atoms in total. The van der Waals surface area contributed by atoms with Gasteiger partial charge in [0.2, 0.25) is 5.91 Å². The van der Waals surface area contributed by atoms with E-state index in [4.69, 9.17) is 4.74 Å². The predicted octanol–water partition coefficient (Wildman–Crippen LogP) is 4.71. The Balaban J connectivity index is 1.77. The minimum atomic E-state index is -4.75. The largest absolute Gasteiger partial charge is 0.457 e.